The van der Waals surface area contributed by atoms with Crippen molar-refractivity contribution in [3.05, 3.63) is 24.0 Å². The SMILES string of the molecule is COc1cccnc1C(O)C1CCCC(C(F)(F)F)C1. The zero-order valence-corrected chi connectivity index (χ0v) is 11.2. The highest BCUT2D eigenvalue weighted by molar-refractivity contribution is 5.29. The van der Waals surface area contributed by atoms with Crippen molar-refractivity contribution in [3.8, 4) is 5.75 Å². The molecule has 6 heteroatoms. The normalized spacial score (nSPS) is 25.2. The van der Waals surface area contributed by atoms with E-state index in [4.69, 9.17) is 4.74 Å². The summed E-state index contributed by atoms with van der Waals surface area (Å²) in [5, 5.41) is 10.3. The Morgan fingerprint density at radius 3 is 2.80 bits per heavy atom. The first-order valence-corrected chi connectivity index (χ1v) is 6.67. The minimum atomic E-state index is -4.19. The minimum absolute atomic E-state index is 0.0512. The van der Waals surface area contributed by atoms with Crippen molar-refractivity contribution in [2.45, 2.75) is 38.0 Å². The molecule has 0 radical (unpaired) electrons. The first-order chi connectivity index (χ1) is 9.43. The number of hydrogen-bond donors (Lipinski definition) is 1. The molecule has 1 aromatic rings. The summed E-state index contributed by atoms with van der Waals surface area (Å²) >= 11 is 0. The number of aliphatic hydroxyl groups excluding tert-OH is 1. The van der Waals surface area contributed by atoms with Crippen molar-refractivity contribution >= 4 is 0 Å². The van der Waals surface area contributed by atoms with Gasteiger partial charge < -0.3 is 9.84 Å². The predicted octanol–water partition coefficient (Wildman–Crippen LogP) is 3.49. The molecule has 20 heavy (non-hydrogen) atoms. The van der Waals surface area contributed by atoms with Gasteiger partial charge in [0.2, 0.25) is 0 Å². The van der Waals surface area contributed by atoms with Crippen LogP contribution in [0, 0.1) is 11.8 Å². The van der Waals surface area contributed by atoms with Crippen LogP contribution in [0.1, 0.15) is 37.5 Å². The third-order valence-electron chi connectivity index (χ3n) is 3.92. The molecule has 1 heterocycles. The van der Waals surface area contributed by atoms with Crippen LogP contribution < -0.4 is 4.74 Å². The Morgan fingerprint density at radius 2 is 2.15 bits per heavy atom. The lowest BCUT2D eigenvalue weighted by Gasteiger charge is -2.33. The fourth-order valence-corrected chi connectivity index (χ4v) is 2.83. The van der Waals surface area contributed by atoms with E-state index in [-0.39, 0.29) is 12.8 Å². The van der Waals surface area contributed by atoms with Crippen LogP contribution in [0.4, 0.5) is 13.2 Å². The van der Waals surface area contributed by atoms with E-state index in [2.05, 4.69) is 4.98 Å². The van der Waals surface area contributed by atoms with Crippen LogP contribution in [0.2, 0.25) is 0 Å². The quantitative estimate of drug-likeness (QED) is 0.926. The van der Waals surface area contributed by atoms with Crippen LogP contribution in [0.25, 0.3) is 0 Å². The van der Waals surface area contributed by atoms with Gasteiger partial charge in [0.1, 0.15) is 17.5 Å². The third-order valence-corrected chi connectivity index (χ3v) is 3.92. The highest BCUT2D eigenvalue weighted by Crippen LogP contribution is 2.44. The van der Waals surface area contributed by atoms with Crippen molar-refractivity contribution in [1.29, 1.82) is 0 Å². The largest absolute Gasteiger partial charge is 0.495 e. The van der Waals surface area contributed by atoms with Gasteiger partial charge in [0, 0.05) is 6.20 Å². The smallest absolute Gasteiger partial charge is 0.391 e. The first kappa shape index (κ1) is 15.1. The van der Waals surface area contributed by atoms with E-state index in [0.717, 1.165) is 0 Å². The summed E-state index contributed by atoms with van der Waals surface area (Å²) in [6.45, 7) is 0. The lowest BCUT2D eigenvalue weighted by Crippen LogP contribution is -2.31. The fourth-order valence-electron chi connectivity index (χ4n) is 2.83. The molecule has 0 aromatic carbocycles. The maximum atomic E-state index is 12.8. The monoisotopic (exact) mass is 289 g/mol. The van der Waals surface area contributed by atoms with Crippen molar-refractivity contribution in [2.75, 3.05) is 7.11 Å². The number of alkyl halides is 3. The molecule has 3 unspecified atom stereocenters. The average molecular weight is 289 g/mol. The second-order valence-electron chi connectivity index (χ2n) is 5.20. The molecule has 0 spiro atoms. The van der Waals surface area contributed by atoms with Gasteiger partial charge >= 0.3 is 6.18 Å². The van der Waals surface area contributed by atoms with Crippen molar-refractivity contribution in [2.24, 2.45) is 11.8 Å². The van der Waals surface area contributed by atoms with Crippen molar-refractivity contribution in [1.82, 2.24) is 4.98 Å². The third kappa shape index (κ3) is 3.23. The van der Waals surface area contributed by atoms with Gasteiger partial charge in [-0.1, -0.05) is 6.42 Å². The van der Waals surface area contributed by atoms with Gasteiger partial charge in [-0.25, -0.2) is 0 Å². The molecule has 0 bridgehead atoms. The average Bonchev–Trinajstić information content (AvgIpc) is 2.45. The summed E-state index contributed by atoms with van der Waals surface area (Å²) in [5.74, 6) is -1.35. The number of ether oxygens (including phenoxy) is 1. The topological polar surface area (TPSA) is 42.4 Å². The standard InChI is InChI=1S/C14H18F3NO2/c1-20-11-6-3-7-18-12(11)13(19)9-4-2-5-10(8-9)14(15,16)17/h3,6-7,9-10,13,19H,2,4-5,8H2,1H3. The molecule has 0 saturated heterocycles. The van der Waals surface area contributed by atoms with Gasteiger partial charge in [0.05, 0.1) is 13.0 Å². The summed E-state index contributed by atoms with van der Waals surface area (Å²) in [4.78, 5) is 4.06. The van der Waals surface area contributed by atoms with E-state index in [1.807, 2.05) is 0 Å². The molecule has 2 rings (SSSR count). The Bertz CT molecular complexity index is 450. The molecule has 3 nitrogen and oxygen atoms in total. The number of halogens is 3. The van der Waals surface area contributed by atoms with Gasteiger partial charge in [-0.15, -0.1) is 0 Å². The molecule has 3 atom stereocenters. The second kappa shape index (κ2) is 5.99. The molecular formula is C14H18F3NO2. The van der Waals surface area contributed by atoms with E-state index in [1.54, 1.807) is 12.1 Å². The van der Waals surface area contributed by atoms with E-state index in [0.29, 0.717) is 24.3 Å². The summed E-state index contributed by atoms with van der Waals surface area (Å²) < 4.78 is 43.5. The van der Waals surface area contributed by atoms with Gasteiger partial charge in [-0.2, -0.15) is 13.2 Å². The zero-order chi connectivity index (χ0) is 14.8. The Hall–Kier alpha value is -1.30. The predicted molar refractivity (Wildman–Crippen MR) is 67.3 cm³/mol. The first-order valence-electron chi connectivity index (χ1n) is 6.67. The number of nitrogens with zero attached hydrogens (tertiary/aromatic N) is 1. The van der Waals surface area contributed by atoms with E-state index in [9.17, 15) is 18.3 Å². The number of aliphatic hydroxyl groups is 1. The molecule has 1 aromatic heterocycles. The van der Waals surface area contributed by atoms with Crippen molar-refractivity contribution in [3.63, 3.8) is 0 Å². The van der Waals surface area contributed by atoms with Crippen molar-refractivity contribution < 1.29 is 23.0 Å². The summed E-state index contributed by atoms with van der Waals surface area (Å²) in [6.07, 6.45) is -2.56. The molecule has 1 aliphatic rings. The summed E-state index contributed by atoms with van der Waals surface area (Å²) in [7, 11) is 1.45. The van der Waals surface area contributed by atoms with E-state index < -0.39 is 24.1 Å². The molecule has 1 saturated carbocycles. The highest BCUT2D eigenvalue weighted by atomic mass is 19.4. The van der Waals surface area contributed by atoms with Gasteiger partial charge in [0.15, 0.2) is 0 Å². The fraction of sp³-hybridized carbons (Fsp3) is 0.643. The minimum Gasteiger partial charge on any atom is -0.495 e. The number of methoxy groups -OCH3 is 1. The number of hydrogen-bond acceptors (Lipinski definition) is 3. The highest BCUT2D eigenvalue weighted by Gasteiger charge is 2.44. The Labute approximate surface area is 115 Å². The Morgan fingerprint density at radius 1 is 1.40 bits per heavy atom. The van der Waals surface area contributed by atoms with E-state index in [1.165, 1.54) is 13.3 Å². The number of rotatable bonds is 3. The molecular weight excluding hydrogens is 271 g/mol. The molecule has 1 N–H and O–H groups in total. The van der Waals surface area contributed by atoms with Gasteiger partial charge in [0.25, 0.3) is 0 Å². The van der Waals surface area contributed by atoms with Crippen LogP contribution in [-0.2, 0) is 0 Å². The van der Waals surface area contributed by atoms with Crippen LogP contribution in [0.3, 0.4) is 0 Å². The summed E-state index contributed by atoms with van der Waals surface area (Å²) in [5.41, 5.74) is 0.322. The van der Waals surface area contributed by atoms with Gasteiger partial charge in [-0.3, -0.25) is 4.98 Å². The van der Waals surface area contributed by atoms with Crippen LogP contribution >= 0.6 is 0 Å². The van der Waals surface area contributed by atoms with E-state index >= 15 is 0 Å². The number of aromatic nitrogens is 1. The maximum Gasteiger partial charge on any atom is 0.391 e. The zero-order valence-electron chi connectivity index (χ0n) is 11.2. The molecule has 0 amide bonds. The maximum absolute atomic E-state index is 12.8. The second-order valence-corrected chi connectivity index (χ2v) is 5.20. The molecule has 0 aliphatic heterocycles. The Kier molecular flexibility index (Phi) is 4.52. The number of pyridine rings is 1. The molecule has 1 aliphatic carbocycles. The lowest BCUT2D eigenvalue weighted by molar-refractivity contribution is -0.189. The molecule has 1 fully saturated rings. The van der Waals surface area contributed by atoms with Crippen LogP contribution in [0.5, 0.6) is 5.75 Å². The lowest BCUT2D eigenvalue weighted by atomic mass is 9.77. The van der Waals surface area contributed by atoms with Crippen LogP contribution in [-0.4, -0.2) is 23.4 Å². The van der Waals surface area contributed by atoms with Crippen LogP contribution in [0.15, 0.2) is 18.3 Å². The van der Waals surface area contributed by atoms with Gasteiger partial charge in [-0.05, 0) is 37.3 Å². The molecule has 112 valence electrons. The summed E-state index contributed by atoms with van der Waals surface area (Å²) in [6, 6.07) is 3.31. The Balaban J connectivity index is 2.14.